The summed E-state index contributed by atoms with van der Waals surface area (Å²) in [4.78, 5) is 24.5. The van der Waals surface area contributed by atoms with Crippen LogP contribution in [0.1, 0.15) is 10.5 Å². The largest absolute Gasteiger partial charge is 0.412 e. The maximum Gasteiger partial charge on any atom is 0.267 e. The molecule has 0 aliphatic carbocycles. The highest BCUT2D eigenvalue weighted by molar-refractivity contribution is 5.92. The summed E-state index contributed by atoms with van der Waals surface area (Å²) in [5.41, 5.74) is 5.44. The van der Waals surface area contributed by atoms with Crippen LogP contribution in [0, 0.1) is 0 Å². The van der Waals surface area contributed by atoms with E-state index in [9.17, 15) is 9.59 Å². The zero-order valence-corrected chi connectivity index (χ0v) is 9.97. The van der Waals surface area contributed by atoms with Crippen LogP contribution in [0.3, 0.4) is 0 Å². The van der Waals surface area contributed by atoms with Gasteiger partial charge in [0, 0.05) is 19.3 Å². The molecule has 7 nitrogen and oxygen atoms in total. The molecule has 98 valence electrons. The average Bonchev–Trinajstić information content (AvgIpc) is 2.69. The van der Waals surface area contributed by atoms with Gasteiger partial charge >= 0.3 is 0 Å². The van der Waals surface area contributed by atoms with Crippen molar-refractivity contribution < 1.29 is 15.1 Å². The quantitative estimate of drug-likeness (QED) is 0.462. The van der Waals surface area contributed by atoms with Crippen molar-refractivity contribution in [3.63, 3.8) is 0 Å². The minimum atomic E-state index is -0.411. The number of rotatable bonds is 6. The van der Waals surface area contributed by atoms with Gasteiger partial charge in [-0.3, -0.25) is 9.59 Å². The summed E-state index contributed by atoms with van der Waals surface area (Å²) in [6.07, 6.45) is 1.68. The van der Waals surface area contributed by atoms with Crippen molar-refractivity contribution in [2.45, 2.75) is 0 Å². The van der Waals surface area contributed by atoms with Crippen LogP contribution in [0.2, 0.25) is 0 Å². The third-order valence-corrected chi connectivity index (χ3v) is 1.73. The molecule has 0 saturated heterocycles. The van der Waals surface area contributed by atoms with Crippen molar-refractivity contribution >= 4 is 24.2 Å². The molecule has 17 heavy (non-hydrogen) atoms. The Labute approximate surface area is 105 Å². The molecule has 8 heteroatoms. The molecule has 1 aromatic rings. The fourth-order valence-electron chi connectivity index (χ4n) is 1.04. The van der Waals surface area contributed by atoms with E-state index in [-0.39, 0.29) is 30.3 Å². The van der Waals surface area contributed by atoms with E-state index in [1.807, 2.05) is 0 Å². The molecule has 1 rings (SSSR count). The van der Waals surface area contributed by atoms with Crippen LogP contribution >= 0.6 is 12.4 Å². The smallest absolute Gasteiger partial charge is 0.267 e. The highest BCUT2D eigenvalue weighted by atomic mass is 35.5. The Morgan fingerprint density at radius 2 is 2.06 bits per heavy atom. The molecule has 7 N–H and O–H groups in total. The number of aromatic nitrogens is 1. The van der Waals surface area contributed by atoms with E-state index < -0.39 is 5.91 Å². The molecular formula is C9H17ClN4O3. The Bertz CT molecular complexity index is 329. The van der Waals surface area contributed by atoms with Crippen LogP contribution in [0.25, 0.3) is 0 Å². The van der Waals surface area contributed by atoms with Crippen LogP contribution in [0.5, 0.6) is 0 Å². The monoisotopic (exact) mass is 264 g/mol. The van der Waals surface area contributed by atoms with Gasteiger partial charge < -0.3 is 26.8 Å². The second-order valence-electron chi connectivity index (χ2n) is 2.98. The molecule has 0 saturated carbocycles. The number of halogens is 1. The zero-order chi connectivity index (χ0) is 11.1. The maximum absolute atomic E-state index is 11.3. The molecule has 0 aliphatic rings. The van der Waals surface area contributed by atoms with Gasteiger partial charge in [-0.1, -0.05) is 0 Å². The Hall–Kier alpha value is -1.57. The summed E-state index contributed by atoms with van der Waals surface area (Å²) < 4.78 is 0. The summed E-state index contributed by atoms with van der Waals surface area (Å²) >= 11 is 0. The van der Waals surface area contributed by atoms with Gasteiger partial charge in [0.1, 0.15) is 5.69 Å². The van der Waals surface area contributed by atoms with Crippen LogP contribution in [0.4, 0.5) is 0 Å². The van der Waals surface area contributed by atoms with E-state index in [4.69, 9.17) is 5.73 Å². The number of aromatic amines is 1. The standard InChI is InChI=1S/C9H14N4O2.ClH.H2O/c10-8(14)6-11-4-5-13-9(15)7-2-1-3-12-7;;/h1-3,11-12H,4-6H2,(H2,10,14)(H,13,15);1H;1H2. The average molecular weight is 265 g/mol. The minimum absolute atomic E-state index is 0. The number of hydrogen-bond acceptors (Lipinski definition) is 3. The lowest BCUT2D eigenvalue weighted by atomic mass is 10.4. The summed E-state index contributed by atoms with van der Waals surface area (Å²) in [6, 6.07) is 3.44. The lowest BCUT2D eigenvalue weighted by molar-refractivity contribution is -0.117. The first-order valence-electron chi connectivity index (χ1n) is 4.61. The van der Waals surface area contributed by atoms with Crippen molar-refractivity contribution in [3.05, 3.63) is 24.0 Å². The summed E-state index contributed by atoms with van der Waals surface area (Å²) in [5.74, 6) is -0.577. The molecule has 2 amide bonds. The number of carbonyl (C=O) groups excluding carboxylic acids is 2. The van der Waals surface area contributed by atoms with E-state index in [1.165, 1.54) is 0 Å². The molecule has 1 heterocycles. The summed E-state index contributed by atoms with van der Waals surface area (Å²) in [6.45, 7) is 1.08. The molecular weight excluding hydrogens is 248 g/mol. The van der Waals surface area contributed by atoms with E-state index in [2.05, 4.69) is 15.6 Å². The lowest BCUT2D eigenvalue weighted by Crippen LogP contribution is -2.35. The number of primary amides is 1. The molecule has 0 aliphatic heterocycles. The predicted molar refractivity (Wildman–Crippen MR) is 66.1 cm³/mol. The summed E-state index contributed by atoms with van der Waals surface area (Å²) in [5, 5.41) is 5.46. The van der Waals surface area contributed by atoms with Gasteiger partial charge in [-0.15, -0.1) is 12.4 Å². The van der Waals surface area contributed by atoms with Gasteiger partial charge in [-0.25, -0.2) is 0 Å². The first-order valence-corrected chi connectivity index (χ1v) is 4.61. The SMILES string of the molecule is Cl.NC(=O)CNCCNC(=O)c1ccc[nH]1.O. The Morgan fingerprint density at radius 1 is 1.35 bits per heavy atom. The van der Waals surface area contributed by atoms with E-state index in [0.717, 1.165) is 0 Å². The fraction of sp³-hybridized carbons (Fsp3) is 0.333. The van der Waals surface area contributed by atoms with Crippen LogP contribution in [-0.2, 0) is 4.79 Å². The Balaban J connectivity index is 0. The third-order valence-electron chi connectivity index (χ3n) is 1.73. The van der Waals surface area contributed by atoms with Crippen molar-refractivity contribution in [3.8, 4) is 0 Å². The van der Waals surface area contributed by atoms with Crippen LogP contribution in [-0.4, -0.2) is 41.9 Å². The van der Waals surface area contributed by atoms with E-state index >= 15 is 0 Å². The molecule has 0 fully saturated rings. The number of hydrogen-bond donors (Lipinski definition) is 4. The van der Waals surface area contributed by atoms with Crippen molar-refractivity contribution in [1.29, 1.82) is 0 Å². The molecule has 0 spiro atoms. The summed E-state index contributed by atoms with van der Waals surface area (Å²) in [7, 11) is 0. The predicted octanol–water partition coefficient (Wildman–Crippen LogP) is -1.58. The second-order valence-corrected chi connectivity index (χ2v) is 2.98. The molecule has 0 bridgehead atoms. The van der Waals surface area contributed by atoms with Crippen LogP contribution in [0.15, 0.2) is 18.3 Å². The van der Waals surface area contributed by atoms with Gasteiger partial charge in [-0.05, 0) is 12.1 Å². The van der Waals surface area contributed by atoms with Crippen molar-refractivity contribution in [2.75, 3.05) is 19.6 Å². The Kier molecular flexibility index (Phi) is 10.1. The van der Waals surface area contributed by atoms with E-state index in [0.29, 0.717) is 18.8 Å². The molecule has 1 aromatic heterocycles. The van der Waals surface area contributed by atoms with Crippen LogP contribution < -0.4 is 16.4 Å². The number of amides is 2. The first-order chi connectivity index (χ1) is 7.20. The minimum Gasteiger partial charge on any atom is -0.412 e. The second kappa shape index (κ2) is 9.64. The third kappa shape index (κ3) is 7.34. The van der Waals surface area contributed by atoms with E-state index in [1.54, 1.807) is 18.3 Å². The molecule has 0 aromatic carbocycles. The van der Waals surface area contributed by atoms with Gasteiger partial charge in [-0.2, -0.15) is 0 Å². The first kappa shape index (κ1) is 17.8. The van der Waals surface area contributed by atoms with Gasteiger partial charge in [0.05, 0.1) is 6.54 Å². The lowest BCUT2D eigenvalue weighted by Gasteiger charge is -2.04. The zero-order valence-electron chi connectivity index (χ0n) is 9.16. The van der Waals surface area contributed by atoms with Gasteiger partial charge in [0.15, 0.2) is 0 Å². The number of carbonyl (C=O) groups is 2. The van der Waals surface area contributed by atoms with Crippen molar-refractivity contribution in [2.24, 2.45) is 5.73 Å². The molecule has 0 atom stereocenters. The topological polar surface area (TPSA) is 132 Å². The molecule has 0 unspecified atom stereocenters. The highest BCUT2D eigenvalue weighted by Gasteiger charge is 2.03. The Morgan fingerprint density at radius 3 is 2.59 bits per heavy atom. The number of nitrogens with one attached hydrogen (secondary N) is 3. The van der Waals surface area contributed by atoms with Crippen molar-refractivity contribution in [1.82, 2.24) is 15.6 Å². The number of H-pyrrole nitrogens is 1. The highest BCUT2D eigenvalue weighted by Crippen LogP contribution is 1.92. The van der Waals surface area contributed by atoms with Gasteiger partial charge in [0.25, 0.3) is 5.91 Å². The molecule has 0 radical (unpaired) electrons. The fourth-order valence-corrected chi connectivity index (χ4v) is 1.04. The van der Waals surface area contributed by atoms with Gasteiger partial charge in [0.2, 0.25) is 5.91 Å². The maximum atomic E-state index is 11.3. The normalized spacial score (nSPS) is 8.71. The number of nitrogens with two attached hydrogens (primary N) is 1.